The summed E-state index contributed by atoms with van der Waals surface area (Å²) in [5.74, 6) is 7.68. The predicted octanol–water partition coefficient (Wildman–Crippen LogP) is 11.9. The number of hydrogen-bond donors (Lipinski definition) is 0. The van der Waals surface area contributed by atoms with E-state index in [9.17, 15) is 0 Å². The zero-order chi connectivity index (χ0) is 46.3. The smallest absolute Gasteiger partial charge is 0.123 e. The van der Waals surface area contributed by atoms with E-state index >= 15 is 0 Å². The lowest BCUT2D eigenvalue weighted by molar-refractivity contribution is 0.310. The molecule has 0 N–H and O–H groups in total. The van der Waals surface area contributed by atoms with E-state index in [2.05, 4.69) is 95.3 Å². The summed E-state index contributed by atoms with van der Waals surface area (Å²) in [7, 11) is 8.58. The Balaban J connectivity index is 1.65. The molecule has 0 heterocycles. The first-order valence-corrected chi connectivity index (χ1v) is 23.4. The van der Waals surface area contributed by atoms with Crippen molar-refractivity contribution in [3.8, 4) is 57.5 Å². The van der Waals surface area contributed by atoms with Crippen molar-refractivity contribution < 1.29 is 47.4 Å². The summed E-state index contributed by atoms with van der Waals surface area (Å²) >= 11 is 0. The van der Waals surface area contributed by atoms with Crippen LogP contribution in [0.15, 0.2) is 60.7 Å². The molecule has 0 radical (unpaired) electrons. The number of rotatable bonds is 20. The molecule has 10 heteroatoms. The Morgan fingerprint density at radius 3 is 0.523 bits per heavy atom. The van der Waals surface area contributed by atoms with Crippen molar-refractivity contribution in [2.24, 2.45) is 0 Å². The third kappa shape index (κ3) is 11.9. The summed E-state index contributed by atoms with van der Waals surface area (Å²) in [6.07, 6.45) is 6.91. The minimum Gasteiger partial charge on any atom is -0.496 e. The molecule has 15 rings (SSSR count). The maximum Gasteiger partial charge on any atom is 0.123 e. The first kappa shape index (κ1) is 48.6. The molecule has 5 aromatic rings. The standard InChI is InChI=1S/C55H70O10/c1-11-16-61-51-31-36-22-42-27-48(58-8)38(33-53(42)63-18-13-3)24-44-29-50(60-10)40(35-55(44)65-20-15-5)25-45-30-49(59-9)39(34-54(45)64-19-14-4)23-43-28-47(57-7)37(32-52(43)62-17-12-2)21-41(51)26-46(36)56-6/h26-35H,11-25H2,1-10H3. The lowest BCUT2D eigenvalue weighted by Gasteiger charge is -2.21. The third-order valence-electron chi connectivity index (χ3n) is 11.5. The van der Waals surface area contributed by atoms with Crippen LogP contribution in [0.5, 0.6) is 57.5 Å². The van der Waals surface area contributed by atoms with E-state index in [0.29, 0.717) is 65.1 Å². The van der Waals surface area contributed by atoms with Crippen LogP contribution >= 0.6 is 0 Å². The molecule has 65 heavy (non-hydrogen) atoms. The van der Waals surface area contributed by atoms with Gasteiger partial charge in [-0.05, 0) is 92.8 Å². The van der Waals surface area contributed by atoms with Crippen LogP contribution in [0.1, 0.15) is 122 Å². The molecule has 0 amide bonds. The van der Waals surface area contributed by atoms with Gasteiger partial charge in [0.25, 0.3) is 0 Å². The highest BCUT2D eigenvalue weighted by molar-refractivity contribution is 5.59. The Morgan fingerprint density at radius 1 is 0.246 bits per heavy atom. The van der Waals surface area contributed by atoms with Gasteiger partial charge in [-0.1, -0.05) is 34.6 Å². The molecule has 10 bridgehead atoms. The Bertz CT molecular complexity index is 1970. The van der Waals surface area contributed by atoms with Crippen molar-refractivity contribution >= 4 is 0 Å². The summed E-state index contributed by atoms with van der Waals surface area (Å²) in [5.41, 5.74) is 9.73. The molecule has 10 aliphatic rings. The fourth-order valence-corrected chi connectivity index (χ4v) is 8.31. The molecule has 0 aromatic heterocycles. The lowest BCUT2D eigenvalue weighted by Crippen LogP contribution is -2.07. The highest BCUT2D eigenvalue weighted by atomic mass is 16.5. The van der Waals surface area contributed by atoms with E-state index < -0.39 is 0 Å². The van der Waals surface area contributed by atoms with Crippen LogP contribution in [0.4, 0.5) is 0 Å². The third-order valence-corrected chi connectivity index (χ3v) is 11.5. The van der Waals surface area contributed by atoms with E-state index in [4.69, 9.17) is 47.4 Å². The molecule has 10 nitrogen and oxygen atoms in total. The molecular weight excluding hydrogens is 821 g/mol. The summed E-state index contributed by atoms with van der Waals surface area (Å²) in [5, 5.41) is 0. The summed E-state index contributed by atoms with van der Waals surface area (Å²) < 4.78 is 63.5. The highest BCUT2D eigenvalue weighted by Crippen LogP contribution is 2.42. The first-order valence-electron chi connectivity index (χ1n) is 23.4. The highest BCUT2D eigenvalue weighted by Gasteiger charge is 2.24. The second kappa shape index (κ2) is 23.9. The maximum absolute atomic E-state index is 6.54. The largest absolute Gasteiger partial charge is 0.496 e. The number of methoxy groups -OCH3 is 5. The quantitative estimate of drug-likeness (QED) is 0.0738. The number of benzene rings is 5. The van der Waals surface area contributed by atoms with E-state index in [0.717, 1.165) is 145 Å². The van der Waals surface area contributed by atoms with Crippen LogP contribution in [-0.4, -0.2) is 68.6 Å². The summed E-state index contributed by atoms with van der Waals surface area (Å²) in [4.78, 5) is 0. The van der Waals surface area contributed by atoms with Gasteiger partial charge in [-0.25, -0.2) is 0 Å². The SMILES string of the molecule is CCCOc1cc2c(OC)cc1Cc1cc(OCCC)c(cc1OC)Cc1cc(OCCC)c(cc1OC)Cc1cc(OCCC)c(cc1OC)Cc1cc(OCCC)c(cc1OC)C2. The van der Waals surface area contributed by atoms with Crippen molar-refractivity contribution in [1.82, 2.24) is 0 Å². The van der Waals surface area contributed by atoms with Gasteiger partial charge in [-0.3, -0.25) is 0 Å². The van der Waals surface area contributed by atoms with Crippen LogP contribution in [0.3, 0.4) is 0 Å². The lowest BCUT2D eigenvalue weighted by atomic mass is 9.94. The molecule has 5 aromatic carbocycles. The average Bonchev–Trinajstić information content (AvgIpc) is 3.32. The maximum atomic E-state index is 6.54. The molecule has 0 unspecified atom stereocenters. The van der Waals surface area contributed by atoms with Crippen molar-refractivity contribution in [3.63, 3.8) is 0 Å². The van der Waals surface area contributed by atoms with Crippen LogP contribution in [0, 0.1) is 0 Å². The molecule has 0 spiro atoms. The van der Waals surface area contributed by atoms with E-state index in [1.165, 1.54) is 0 Å². The number of ether oxygens (including phenoxy) is 10. The second-order valence-electron chi connectivity index (χ2n) is 16.5. The van der Waals surface area contributed by atoms with Crippen molar-refractivity contribution in [1.29, 1.82) is 0 Å². The summed E-state index contributed by atoms with van der Waals surface area (Å²) in [6, 6.07) is 21.1. The van der Waals surface area contributed by atoms with Crippen LogP contribution < -0.4 is 47.4 Å². The van der Waals surface area contributed by atoms with Gasteiger partial charge in [-0.15, -0.1) is 0 Å². The Labute approximate surface area is 387 Å². The molecule has 0 aliphatic heterocycles. The molecule has 0 saturated carbocycles. The molecule has 0 fully saturated rings. The number of hydrogen-bond acceptors (Lipinski definition) is 10. The first-order chi connectivity index (χ1) is 31.7. The average molecular weight is 891 g/mol. The zero-order valence-corrected chi connectivity index (χ0v) is 40.5. The molecular formula is C55H70O10. The van der Waals surface area contributed by atoms with E-state index in [-0.39, 0.29) is 0 Å². The topological polar surface area (TPSA) is 92.3 Å². The van der Waals surface area contributed by atoms with Crippen LogP contribution in [0.2, 0.25) is 0 Å². The fraction of sp³-hybridized carbons (Fsp3) is 0.455. The Kier molecular flexibility index (Phi) is 17.8. The van der Waals surface area contributed by atoms with Gasteiger partial charge in [0.15, 0.2) is 0 Å². The van der Waals surface area contributed by atoms with Crippen molar-refractivity contribution in [3.05, 3.63) is 116 Å². The second-order valence-corrected chi connectivity index (χ2v) is 16.5. The predicted molar refractivity (Wildman–Crippen MR) is 258 cm³/mol. The van der Waals surface area contributed by atoms with E-state index in [1.54, 1.807) is 35.5 Å². The molecule has 10 aliphatic carbocycles. The van der Waals surface area contributed by atoms with Gasteiger partial charge in [-0.2, -0.15) is 0 Å². The van der Waals surface area contributed by atoms with Gasteiger partial charge < -0.3 is 47.4 Å². The molecule has 0 saturated heterocycles. The molecule has 0 atom stereocenters. The van der Waals surface area contributed by atoms with Gasteiger partial charge in [0.05, 0.1) is 68.6 Å². The van der Waals surface area contributed by atoms with Crippen molar-refractivity contribution in [2.45, 2.75) is 98.8 Å². The monoisotopic (exact) mass is 890 g/mol. The van der Waals surface area contributed by atoms with Gasteiger partial charge in [0.1, 0.15) is 57.5 Å². The Morgan fingerprint density at radius 2 is 0.385 bits per heavy atom. The van der Waals surface area contributed by atoms with Crippen molar-refractivity contribution in [2.75, 3.05) is 68.6 Å². The fourth-order valence-electron chi connectivity index (χ4n) is 8.31. The summed E-state index contributed by atoms with van der Waals surface area (Å²) in [6.45, 7) is 13.4. The minimum atomic E-state index is 0.523. The molecule has 350 valence electrons. The zero-order valence-electron chi connectivity index (χ0n) is 40.5. The van der Waals surface area contributed by atoms with Gasteiger partial charge >= 0.3 is 0 Å². The van der Waals surface area contributed by atoms with Crippen LogP contribution in [-0.2, 0) is 32.1 Å². The normalized spacial score (nSPS) is 12.2. The Hall–Kier alpha value is -5.90. The van der Waals surface area contributed by atoms with Crippen LogP contribution in [0.25, 0.3) is 0 Å². The minimum absolute atomic E-state index is 0.523. The van der Waals surface area contributed by atoms with Gasteiger partial charge in [0.2, 0.25) is 0 Å². The van der Waals surface area contributed by atoms with E-state index in [1.807, 2.05) is 0 Å². The van der Waals surface area contributed by atoms with Gasteiger partial charge in [0, 0.05) is 87.7 Å².